The highest BCUT2D eigenvalue weighted by molar-refractivity contribution is 6.33. The van der Waals surface area contributed by atoms with E-state index in [9.17, 15) is 27.2 Å². The van der Waals surface area contributed by atoms with Crippen LogP contribution in [0.15, 0.2) is 30.3 Å². The molecule has 0 saturated heterocycles. The fourth-order valence-electron chi connectivity index (χ4n) is 3.24. The number of halogens is 5. The number of aliphatic carboxylic acids is 2. The number of rotatable bonds is 6. The van der Waals surface area contributed by atoms with Crippen LogP contribution in [0.25, 0.3) is 0 Å². The van der Waals surface area contributed by atoms with Crippen LogP contribution in [0.2, 0.25) is 5.02 Å². The molecule has 0 aliphatic carbocycles. The molecule has 0 atom stereocenters. The summed E-state index contributed by atoms with van der Waals surface area (Å²) in [6.07, 6.45) is -3.65. The van der Waals surface area contributed by atoms with Crippen molar-refractivity contribution in [3.8, 4) is 0 Å². The van der Waals surface area contributed by atoms with Crippen molar-refractivity contribution in [1.29, 1.82) is 0 Å². The molecule has 4 N–H and O–H groups in total. The van der Waals surface area contributed by atoms with Gasteiger partial charge in [0.2, 0.25) is 0 Å². The lowest BCUT2D eigenvalue weighted by Crippen LogP contribution is -2.16. The molecule has 1 heterocycles. The lowest BCUT2D eigenvalue weighted by molar-refractivity contribution is -0.143. The first-order chi connectivity index (χ1) is 15.5. The van der Waals surface area contributed by atoms with Gasteiger partial charge in [-0.1, -0.05) is 23.7 Å². The summed E-state index contributed by atoms with van der Waals surface area (Å²) in [5.41, 5.74) is 2.08. The second kappa shape index (κ2) is 11.9. The molecule has 1 aliphatic rings. The number of carbonyl (C=O) groups is 2. The van der Waals surface area contributed by atoms with E-state index in [2.05, 4.69) is 10.6 Å². The Kier molecular flexibility index (Phi) is 9.48. The number of hydrogen-bond donors (Lipinski definition) is 4. The van der Waals surface area contributed by atoms with Crippen molar-refractivity contribution < 1.29 is 37.4 Å². The Balaban J connectivity index is 0.000000414. The normalized spacial score (nSPS) is 13.2. The van der Waals surface area contributed by atoms with E-state index < -0.39 is 29.5 Å². The minimum absolute atomic E-state index is 0.132. The Morgan fingerprint density at radius 1 is 1.03 bits per heavy atom. The van der Waals surface area contributed by atoms with Crippen LogP contribution in [-0.2, 0) is 35.2 Å². The third-order valence-electron chi connectivity index (χ3n) is 4.84. The summed E-state index contributed by atoms with van der Waals surface area (Å²) in [7, 11) is 0. The molecule has 0 aromatic heterocycles. The molecule has 0 saturated carbocycles. The molecular weight excluding hydrogens is 468 g/mol. The molecule has 0 bridgehead atoms. The number of fused-ring (bicyclic) bond motifs is 1. The molecule has 2 aromatic carbocycles. The van der Waals surface area contributed by atoms with E-state index in [0.717, 1.165) is 49.3 Å². The zero-order valence-corrected chi connectivity index (χ0v) is 18.2. The Bertz CT molecular complexity index is 985. The van der Waals surface area contributed by atoms with Crippen LogP contribution < -0.4 is 10.6 Å². The van der Waals surface area contributed by atoms with Crippen LogP contribution in [-0.4, -0.2) is 35.2 Å². The molecular formula is C22H23ClF4N2O4. The predicted molar refractivity (Wildman–Crippen MR) is 115 cm³/mol. The maximum atomic E-state index is 13.4. The smallest absolute Gasteiger partial charge is 0.419 e. The molecule has 2 aromatic rings. The summed E-state index contributed by atoms with van der Waals surface area (Å²) >= 11 is 6.29. The van der Waals surface area contributed by atoms with Crippen LogP contribution in [0.5, 0.6) is 0 Å². The number of nitrogens with one attached hydrogen (secondary N) is 2. The van der Waals surface area contributed by atoms with Crippen molar-refractivity contribution >= 4 is 29.2 Å². The maximum Gasteiger partial charge on any atom is 0.419 e. The van der Waals surface area contributed by atoms with Crippen LogP contribution >= 0.6 is 11.6 Å². The number of alkyl halides is 3. The Labute approximate surface area is 192 Å². The fraction of sp³-hybridized carbons (Fsp3) is 0.364. The van der Waals surface area contributed by atoms with Crippen LogP contribution in [0.3, 0.4) is 0 Å². The summed E-state index contributed by atoms with van der Waals surface area (Å²) in [6, 6.07) is 6.79. The van der Waals surface area contributed by atoms with Gasteiger partial charge in [0.05, 0.1) is 29.1 Å². The van der Waals surface area contributed by atoms with Gasteiger partial charge in [-0.25, -0.2) is 4.39 Å². The summed E-state index contributed by atoms with van der Waals surface area (Å²) in [5.74, 6) is -3.42. The molecule has 0 unspecified atom stereocenters. The Hall–Kier alpha value is -2.85. The van der Waals surface area contributed by atoms with Crippen molar-refractivity contribution in [2.45, 2.75) is 38.4 Å². The average Bonchev–Trinajstić information content (AvgIpc) is 2.98. The largest absolute Gasteiger partial charge is 0.481 e. The van der Waals surface area contributed by atoms with E-state index in [1.165, 1.54) is 11.6 Å². The van der Waals surface area contributed by atoms with Crippen LogP contribution in [0, 0.1) is 5.82 Å². The Morgan fingerprint density at radius 3 is 2.27 bits per heavy atom. The summed E-state index contributed by atoms with van der Waals surface area (Å²) in [5, 5.41) is 22.8. The molecule has 180 valence electrons. The van der Waals surface area contributed by atoms with Gasteiger partial charge in [-0.2, -0.15) is 13.2 Å². The summed E-state index contributed by atoms with van der Waals surface area (Å²) in [4.78, 5) is 19.3. The topological polar surface area (TPSA) is 98.7 Å². The molecule has 0 amide bonds. The van der Waals surface area contributed by atoms with Crippen molar-refractivity contribution in [2.75, 3.05) is 18.4 Å². The van der Waals surface area contributed by atoms with E-state index in [4.69, 9.17) is 21.8 Å². The molecule has 3 rings (SSSR count). The van der Waals surface area contributed by atoms with Gasteiger partial charge >= 0.3 is 18.1 Å². The van der Waals surface area contributed by atoms with Gasteiger partial charge in [0.25, 0.3) is 0 Å². The minimum Gasteiger partial charge on any atom is -0.481 e. The monoisotopic (exact) mass is 490 g/mol. The number of carboxylic acids is 2. The summed E-state index contributed by atoms with van der Waals surface area (Å²) < 4.78 is 51.9. The second-order valence-corrected chi connectivity index (χ2v) is 7.67. The van der Waals surface area contributed by atoms with E-state index in [1.54, 1.807) is 6.07 Å². The molecule has 0 radical (unpaired) electrons. The molecule has 11 heteroatoms. The van der Waals surface area contributed by atoms with E-state index >= 15 is 0 Å². The number of carboxylic acid groups (broad SMARTS) is 2. The maximum absolute atomic E-state index is 13.4. The van der Waals surface area contributed by atoms with Crippen LogP contribution in [0.1, 0.15) is 35.1 Å². The highest BCUT2D eigenvalue weighted by Gasteiger charge is 2.34. The highest BCUT2D eigenvalue weighted by Crippen LogP contribution is 2.33. The van der Waals surface area contributed by atoms with Crippen molar-refractivity contribution in [3.63, 3.8) is 0 Å². The van der Waals surface area contributed by atoms with E-state index in [1.807, 2.05) is 6.07 Å². The predicted octanol–water partition coefficient (Wildman–Crippen LogP) is 4.73. The number of anilines is 1. The lowest BCUT2D eigenvalue weighted by Gasteiger charge is -2.17. The van der Waals surface area contributed by atoms with Gasteiger partial charge in [0.1, 0.15) is 5.82 Å². The number of benzene rings is 2. The third kappa shape index (κ3) is 8.21. The summed E-state index contributed by atoms with van der Waals surface area (Å²) in [6.45, 7) is 1.82. The van der Waals surface area contributed by atoms with Gasteiger partial charge in [-0.3, -0.25) is 9.59 Å². The average molecular weight is 491 g/mol. The SMILES string of the molecule is Fc1ccc(CNc2c(Cl)ccc3c2CCNCC3)cc1C(F)(F)F.O=C(O)CCC(=O)O. The third-order valence-corrected chi connectivity index (χ3v) is 5.16. The van der Waals surface area contributed by atoms with Crippen LogP contribution in [0.4, 0.5) is 23.2 Å². The first-order valence-electron chi connectivity index (χ1n) is 10.0. The first kappa shape index (κ1) is 26.4. The lowest BCUT2D eigenvalue weighted by atomic mass is 10.0. The molecule has 33 heavy (non-hydrogen) atoms. The van der Waals surface area contributed by atoms with Gasteiger partial charge in [0.15, 0.2) is 0 Å². The minimum atomic E-state index is -4.72. The van der Waals surface area contributed by atoms with Gasteiger partial charge < -0.3 is 20.8 Å². The molecule has 6 nitrogen and oxygen atoms in total. The van der Waals surface area contributed by atoms with E-state index in [-0.39, 0.29) is 19.4 Å². The van der Waals surface area contributed by atoms with E-state index in [0.29, 0.717) is 10.6 Å². The van der Waals surface area contributed by atoms with Crippen molar-refractivity contribution in [1.82, 2.24) is 5.32 Å². The molecule has 1 aliphatic heterocycles. The Morgan fingerprint density at radius 2 is 1.67 bits per heavy atom. The highest BCUT2D eigenvalue weighted by atomic mass is 35.5. The standard InChI is InChI=1S/C18H17ClF4N2.C4H6O4/c19-15-3-2-12-5-7-24-8-6-13(12)17(15)25-10-11-1-4-16(20)14(9-11)18(21,22)23;5-3(6)1-2-4(7)8/h1-4,9,24-25H,5-8,10H2;1-2H2,(H,5,6)(H,7,8). The number of hydrogen-bond acceptors (Lipinski definition) is 4. The van der Waals surface area contributed by atoms with Gasteiger partial charge in [0, 0.05) is 6.54 Å². The fourth-order valence-corrected chi connectivity index (χ4v) is 3.48. The van der Waals surface area contributed by atoms with Gasteiger partial charge in [-0.15, -0.1) is 0 Å². The van der Waals surface area contributed by atoms with Crippen molar-refractivity contribution in [3.05, 3.63) is 63.4 Å². The zero-order valence-electron chi connectivity index (χ0n) is 17.4. The first-order valence-corrected chi connectivity index (χ1v) is 10.4. The zero-order chi connectivity index (χ0) is 24.6. The van der Waals surface area contributed by atoms with Crippen molar-refractivity contribution in [2.24, 2.45) is 0 Å². The second-order valence-electron chi connectivity index (χ2n) is 7.26. The molecule has 0 fully saturated rings. The molecule has 0 spiro atoms. The quantitative estimate of drug-likeness (QED) is 0.437. The van der Waals surface area contributed by atoms with Gasteiger partial charge in [-0.05, 0) is 60.8 Å².